The summed E-state index contributed by atoms with van der Waals surface area (Å²) in [6.07, 6.45) is -1.56. The number of aliphatic imine (C=N–C) groups is 1. The Morgan fingerprint density at radius 2 is 1.87 bits per heavy atom. The molecular weight excluding hydrogens is 403 g/mol. The first-order valence-corrected chi connectivity index (χ1v) is 11.4. The van der Waals surface area contributed by atoms with Gasteiger partial charge in [0.05, 0.1) is 12.1 Å². The molecule has 1 saturated heterocycles. The standard InChI is InChI=1S/C23H36F3N5/c1-4-27-21(28-16-18(2)31-13-11-30(3)12-14-31)29-17-22(9-6-10-22)19-7-5-8-20(15-19)23(24,25)26/h5,7-8,15,18H,4,6,9-14,16-17H2,1-3H3,(H2,27,28,29). The van der Waals surface area contributed by atoms with Crippen molar-refractivity contribution in [2.24, 2.45) is 4.99 Å². The smallest absolute Gasteiger partial charge is 0.357 e. The Balaban J connectivity index is 1.64. The number of piperazine rings is 1. The fourth-order valence-electron chi connectivity index (χ4n) is 4.38. The molecule has 1 saturated carbocycles. The first-order valence-electron chi connectivity index (χ1n) is 11.4. The monoisotopic (exact) mass is 439 g/mol. The quantitative estimate of drug-likeness (QED) is 0.505. The number of nitrogens with zero attached hydrogens (tertiary/aromatic N) is 3. The molecule has 1 unspecified atom stereocenters. The molecule has 8 heteroatoms. The van der Waals surface area contributed by atoms with Crippen molar-refractivity contribution in [3.63, 3.8) is 0 Å². The number of hydrogen-bond acceptors (Lipinski definition) is 3. The lowest BCUT2D eigenvalue weighted by Crippen LogP contribution is -2.52. The van der Waals surface area contributed by atoms with Gasteiger partial charge in [0.1, 0.15) is 0 Å². The Morgan fingerprint density at radius 1 is 1.16 bits per heavy atom. The molecule has 174 valence electrons. The van der Waals surface area contributed by atoms with Crippen molar-refractivity contribution in [2.75, 3.05) is 52.9 Å². The number of nitrogens with one attached hydrogen (secondary N) is 2. The van der Waals surface area contributed by atoms with Gasteiger partial charge < -0.3 is 15.5 Å². The van der Waals surface area contributed by atoms with E-state index in [2.05, 4.69) is 34.4 Å². The van der Waals surface area contributed by atoms with Gasteiger partial charge in [0.2, 0.25) is 0 Å². The van der Waals surface area contributed by atoms with Crippen molar-refractivity contribution >= 4 is 5.96 Å². The molecular formula is C23H36F3N5. The second kappa shape index (κ2) is 10.2. The average molecular weight is 440 g/mol. The van der Waals surface area contributed by atoms with E-state index in [1.807, 2.05) is 13.0 Å². The van der Waals surface area contributed by atoms with Crippen molar-refractivity contribution in [2.45, 2.75) is 50.7 Å². The van der Waals surface area contributed by atoms with Gasteiger partial charge in [0.15, 0.2) is 5.96 Å². The molecule has 2 aliphatic rings. The molecule has 1 heterocycles. The first kappa shape index (κ1) is 23.9. The van der Waals surface area contributed by atoms with Crippen molar-refractivity contribution in [3.8, 4) is 0 Å². The number of rotatable bonds is 7. The van der Waals surface area contributed by atoms with E-state index in [9.17, 15) is 13.2 Å². The highest BCUT2D eigenvalue weighted by Gasteiger charge is 2.40. The number of hydrogen-bond donors (Lipinski definition) is 2. The normalized spacial score (nSPS) is 21.4. The number of halogens is 3. The summed E-state index contributed by atoms with van der Waals surface area (Å²) in [5.74, 6) is 0.738. The maximum absolute atomic E-state index is 13.2. The highest BCUT2D eigenvalue weighted by Crippen LogP contribution is 2.45. The highest BCUT2D eigenvalue weighted by atomic mass is 19.4. The van der Waals surface area contributed by atoms with E-state index >= 15 is 0 Å². The van der Waals surface area contributed by atoms with Crippen LogP contribution < -0.4 is 10.6 Å². The third kappa shape index (κ3) is 6.13. The van der Waals surface area contributed by atoms with Crippen LogP contribution in [0.1, 0.15) is 44.2 Å². The summed E-state index contributed by atoms with van der Waals surface area (Å²) in [5, 5.41) is 6.73. The number of guanidine groups is 1. The Morgan fingerprint density at radius 3 is 2.45 bits per heavy atom. The summed E-state index contributed by atoms with van der Waals surface area (Å²) in [6.45, 7) is 10.5. The van der Waals surface area contributed by atoms with Crippen LogP contribution in [-0.2, 0) is 11.6 Å². The lowest BCUT2D eigenvalue weighted by molar-refractivity contribution is -0.137. The molecule has 0 amide bonds. The molecule has 1 aliphatic heterocycles. The summed E-state index contributed by atoms with van der Waals surface area (Å²) in [7, 11) is 2.15. The van der Waals surface area contributed by atoms with Crippen LogP contribution in [0.2, 0.25) is 0 Å². The minimum atomic E-state index is -4.32. The summed E-state index contributed by atoms with van der Waals surface area (Å²) in [4.78, 5) is 9.61. The molecule has 3 rings (SSSR count). The minimum Gasteiger partial charge on any atom is -0.357 e. The van der Waals surface area contributed by atoms with E-state index in [4.69, 9.17) is 4.99 Å². The van der Waals surface area contributed by atoms with Gasteiger partial charge in [-0.3, -0.25) is 9.89 Å². The molecule has 2 fully saturated rings. The zero-order chi connectivity index (χ0) is 22.5. The van der Waals surface area contributed by atoms with E-state index in [-0.39, 0.29) is 5.41 Å². The van der Waals surface area contributed by atoms with Crippen LogP contribution in [0.25, 0.3) is 0 Å². The van der Waals surface area contributed by atoms with E-state index in [0.29, 0.717) is 12.6 Å². The molecule has 31 heavy (non-hydrogen) atoms. The van der Waals surface area contributed by atoms with Crippen LogP contribution in [0.4, 0.5) is 13.2 Å². The average Bonchev–Trinajstić information content (AvgIpc) is 2.71. The van der Waals surface area contributed by atoms with Crippen LogP contribution in [0, 0.1) is 0 Å². The molecule has 0 bridgehead atoms. The Hall–Kier alpha value is -1.80. The number of benzene rings is 1. The van der Waals surface area contributed by atoms with E-state index in [0.717, 1.165) is 76.1 Å². The molecule has 1 atom stereocenters. The second-order valence-electron chi connectivity index (χ2n) is 8.98. The zero-order valence-electron chi connectivity index (χ0n) is 18.9. The predicted molar refractivity (Wildman–Crippen MR) is 119 cm³/mol. The lowest BCUT2D eigenvalue weighted by atomic mass is 9.64. The van der Waals surface area contributed by atoms with Gasteiger partial charge in [-0.25, -0.2) is 0 Å². The maximum atomic E-state index is 13.2. The van der Waals surface area contributed by atoms with Gasteiger partial charge in [-0.1, -0.05) is 24.6 Å². The summed E-state index contributed by atoms with van der Waals surface area (Å²) >= 11 is 0. The minimum absolute atomic E-state index is 0.299. The maximum Gasteiger partial charge on any atom is 0.416 e. The van der Waals surface area contributed by atoms with Gasteiger partial charge in [-0.15, -0.1) is 0 Å². The summed E-state index contributed by atoms with van der Waals surface area (Å²) < 4.78 is 39.6. The van der Waals surface area contributed by atoms with Crippen LogP contribution >= 0.6 is 0 Å². The lowest BCUT2D eigenvalue weighted by Gasteiger charge is -2.41. The van der Waals surface area contributed by atoms with Gasteiger partial charge in [0.25, 0.3) is 0 Å². The van der Waals surface area contributed by atoms with Gasteiger partial charge >= 0.3 is 6.18 Å². The third-order valence-corrected chi connectivity index (χ3v) is 6.72. The van der Waals surface area contributed by atoms with Crippen molar-refractivity contribution < 1.29 is 13.2 Å². The largest absolute Gasteiger partial charge is 0.416 e. The molecule has 0 spiro atoms. The first-order chi connectivity index (χ1) is 14.7. The van der Waals surface area contributed by atoms with Crippen molar-refractivity contribution in [1.29, 1.82) is 0 Å². The molecule has 1 aromatic carbocycles. The van der Waals surface area contributed by atoms with Crippen molar-refractivity contribution in [1.82, 2.24) is 20.4 Å². The predicted octanol–water partition coefficient (Wildman–Crippen LogP) is 3.32. The summed E-state index contributed by atoms with van der Waals surface area (Å²) in [5.41, 5.74) is -0.127. The molecule has 2 N–H and O–H groups in total. The fourth-order valence-corrected chi connectivity index (χ4v) is 4.38. The summed E-state index contributed by atoms with van der Waals surface area (Å²) in [6, 6.07) is 6.18. The Kier molecular flexibility index (Phi) is 7.86. The molecule has 0 aromatic heterocycles. The number of likely N-dealkylation sites (N-methyl/N-ethyl adjacent to an activating group) is 1. The Bertz CT molecular complexity index is 737. The Labute approximate surface area is 184 Å². The van der Waals surface area contributed by atoms with E-state index in [1.165, 1.54) is 12.1 Å². The third-order valence-electron chi connectivity index (χ3n) is 6.72. The van der Waals surface area contributed by atoms with Crippen LogP contribution in [-0.4, -0.2) is 74.7 Å². The zero-order valence-corrected chi connectivity index (χ0v) is 18.9. The fraction of sp³-hybridized carbons (Fsp3) is 0.696. The molecule has 1 aromatic rings. The molecule has 0 radical (unpaired) electrons. The van der Waals surface area contributed by atoms with Crippen molar-refractivity contribution in [3.05, 3.63) is 35.4 Å². The van der Waals surface area contributed by atoms with E-state index in [1.54, 1.807) is 0 Å². The van der Waals surface area contributed by atoms with E-state index < -0.39 is 11.7 Å². The van der Waals surface area contributed by atoms with Crippen LogP contribution in [0.3, 0.4) is 0 Å². The van der Waals surface area contributed by atoms with Crippen LogP contribution in [0.5, 0.6) is 0 Å². The topological polar surface area (TPSA) is 42.9 Å². The second-order valence-corrected chi connectivity index (χ2v) is 8.98. The van der Waals surface area contributed by atoms with Gasteiger partial charge in [-0.05, 0) is 45.4 Å². The molecule has 5 nitrogen and oxygen atoms in total. The number of alkyl halides is 3. The highest BCUT2D eigenvalue weighted by molar-refractivity contribution is 5.79. The molecule has 1 aliphatic carbocycles. The van der Waals surface area contributed by atoms with Crippen LogP contribution in [0.15, 0.2) is 29.3 Å². The van der Waals surface area contributed by atoms with Gasteiger partial charge in [0, 0.05) is 50.7 Å². The van der Waals surface area contributed by atoms with Gasteiger partial charge in [-0.2, -0.15) is 13.2 Å². The SMILES string of the molecule is CCNC(=NCC1(c2cccc(C(F)(F)F)c2)CCC1)NCC(C)N1CCN(C)CC1.